The molecule has 0 N–H and O–H groups in total. The largest absolute Gasteiger partial charge is 0.299 e. The van der Waals surface area contributed by atoms with Crippen LogP contribution >= 0.6 is 11.8 Å². The highest BCUT2D eigenvalue weighted by Crippen LogP contribution is 2.65. The SMILES string of the molecule is CC12CCC3C(CC4=Nc5ccccc5SC5=C4C3(C)CCC5=O)C1CCC2=O. The van der Waals surface area contributed by atoms with Gasteiger partial charge in [0, 0.05) is 28.9 Å². The van der Waals surface area contributed by atoms with Gasteiger partial charge in [-0.05, 0) is 73.0 Å². The highest BCUT2D eigenvalue weighted by Gasteiger charge is 2.61. The summed E-state index contributed by atoms with van der Waals surface area (Å²) in [5, 5.41) is 0. The maximum Gasteiger partial charge on any atom is 0.169 e. The van der Waals surface area contributed by atoms with E-state index in [0.29, 0.717) is 35.7 Å². The molecule has 6 rings (SSSR count). The Balaban J connectivity index is 1.55. The van der Waals surface area contributed by atoms with Gasteiger partial charge < -0.3 is 0 Å². The van der Waals surface area contributed by atoms with Gasteiger partial charge in [0.05, 0.1) is 10.6 Å². The predicted molar refractivity (Wildman–Crippen MR) is 115 cm³/mol. The Bertz CT molecular complexity index is 1020. The summed E-state index contributed by atoms with van der Waals surface area (Å²) < 4.78 is 0. The molecule has 5 unspecified atom stereocenters. The maximum atomic E-state index is 13.0. The zero-order valence-electron chi connectivity index (χ0n) is 17.2. The summed E-state index contributed by atoms with van der Waals surface area (Å²) in [5.41, 5.74) is 3.26. The zero-order valence-corrected chi connectivity index (χ0v) is 18.0. The van der Waals surface area contributed by atoms with Crippen LogP contribution in [0.2, 0.25) is 0 Å². The second-order valence-corrected chi connectivity index (χ2v) is 11.2. The molecule has 5 atom stereocenters. The van der Waals surface area contributed by atoms with E-state index in [-0.39, 0.29) is 10.8 Å². The van der Waals surface area contributed by atoms with Gasteiger partial charge in [0.2, 0.25) is 0 Å². The van der Waals surface area contributed by atoms with Gasteiger partial charge in [0.15, 0.2) is 5.78 Å². The first-order valence-electron chi connectivity index (χ1n) is 11.1. The highest BCUT2D eigenvalue weighted by molar-refractivity contribution is 8.04. The lowest BCUT2D eigenvalue weighted by molar-refractivity contribution is -0.131. The van der Waals surface area contributed by atoms with Gasteiger partial charge in [-0.1, -0.05) is 37.7 Å². The number of carbonyl (C=O) groups is 2. The summed E-state index contributed by atoms with van der Waals surface area (Å²) in [6.07, 6.45) is 6.41. The highest BCUT2D eigenvalue weighted by atomic mass is 32.2. The topological polar surface area (TPSA) is 46.5 Å². The molecule has 29 heavy (non-hydrogen) atoms. The molecule has 3 fully saturated rings. The molecule has 0 saturated heterocycles. The average molecular weight is 406 g/mol. The van der Waals surface area contributed by atoms with E-state index < -0.39 is 0 Å². The van der Waals surface area contributed by atoms with E-state index in [2.05, 4.69) is 26.0 Å². The number of thioether (sulfide) groups is 1. The molecule has 0 radical (unpaired) electrons. The standard InChI is InChI=1S/C25H27NO2S/c1-24-11-9-16-14(15(24)7-8-21(24)28)13-18-22-23(19(27)10-12-25(16,22)2)29-20-6-4-3-5-17(20)26-18/h3-6,14-16H,7-13H2,1-2H3. The molecule has 5 aliphatic rings. The number of rotatable bonds is 0. The van der Waals surface area contributed by atoms with E-state index >= 15 is 0 Å². The molecule has 1 aromatic carbocycles. The van der Waals surface area contributed by atoms with Crippen LogP contribution in [0, 0.1) is 28.6 Å². The van der Waals surface area contributed by atoms with Crippen molar-refractivity contribution in [2.45, 2.75) is 63.7 Å². The Hall–Kier alpha value is -1.68. The summed E-state index contributed by atoms with van der Waals surface area (Å²) in [5.74, 6) is 2.32. The van der Waals surface area contributed by atoms with E-state index in [1.165, 1.54) is 5.57 Å². The third-order valence-corrected chi connectivity index (χ3v) is 10.1. The number of hydrogen-bond acceptors (Lipinski definition) is 4. The molecule has 1 heterocycles. The van der Waals surface area contributed by atoms with Gasteiger partial charge in [-0.25, -0.2) is 0 Å². The van der Waals surface area contributed by atoms with E-state index in [9.17, 15) is 9.59 Å². The first-order valence-corrected chi connectivity index (χ1v) is 11.9. The summed E-state index contributed by atoms with van der Waals surface area (Å²) in [6, 6.07) is 8.24. The van der Waals surface area contributed by atoms with Crippen LogP contribution in [0.4, 0.5) is 5.69 Å². The maximum absolute atomic E-state index is 13.0. The van der Waals surface area contributed by atoms with E-state index in [0.717, 1.165) is 59.7 Å². The number of nitrogens with zero attached hydrogens (tertiary/aromatic N) is 1. The smallest absolute Gasteiger partial charge is 0.169 e. The van der Waals surface area contributed by atoms with E-state index in [4.69, 9.17) is 4.99 Å². The fourth-order valence-electron chi connectivity index (χ4n) is 7.40. The summed E-state index contributed by atoms with van der Waals surface area (Å²) in [6.45, 7) is 4.63. The van der Waals surface area contributed by atoms with E-state index in [1.54, 1.807) is 11.8 Å². The third-order valence-electron chi connectivity index (χ3n) is 8.94. The van der Waals surface area contributed by atoms with Crippen LogP contribution < -0.4 is 0 Å². The summed E-state index contributed by atoms with van der Waals surface area (Å²) >= 11 is 1.65. The second-order valence-electron chi connectivity index (χ2n) is 10.2. The van der Waals surface area contributed by atoms with Crippen molar-refractivity contribution in [1.82, 2.24) is 0 Å². The minimum absolute atomic E-state index is 0.00695. The van der Waals surface area contributed by atoms with Crippen LogP contribution in [0.5, 0.6) is 0 Å². The fourth-order valence-corrected chi connectivity index (χ4v) is 8.66. The monoisotopic (exact) mass is 405 g/mol. The molecule has 3 nitrogen and oxygen atoms in total. The van der Waals surface area contributed by atoms with Crippen molar-refractivity contribution in [3.8, 4) is 0 Å². The number of para-hydroxylation sites is 1. The lowest BCUT2D eigenvalue weighted by atomic mass is 9.47. The molecule has 1 aliphatic heterocycles. The molecular formula is C25H27NO2S. The number of carbonyl (C=O) groups excluding carboxylic acids is 2. The molecule has 0 aromatic heterocycles. The van der Waals surface area contributed by atoms with Crippen molar-refractivity contribution in [3.63, 3.8) is 0 Å². The lowest BCUT2D eigenvalue weighted by Gasteiger charge is -2.57. The van der Waals surface area contributed by atoms with Crippen LogP contribution in [-0.2, 0) is 9.59 Å². The van der Waals surface area contributed by atoms with Crippen LogP contribution in [0.3, 0.4) is 0 Å². The number of aliphatic imine (C=N–C) groups is 1. The zero-order chi connectivity index (χ0) is 20.0. The fraction of sp³-hybridized carbons (Fsp3) is 0.560. The minimum atomic E-state index is -0.135. The van der Waals surface area contributed by atoms with Gasteiger partial charge in [-0.2, -0.15) is 0 Å². The van der Waals surface area contributed by atoms with E-state index in [1.807, 2.05) is 12.1 Å². The molecule has 0 spiro atoms. The number of fused-ring (bicyclic) bond motifs is 5. The first kappa shape index (κ1) is 18.1. The van der Waals surface area contributed by atoms with Crippen LogP contribution in [0.25, 0.3) is 0 Å². The predicted octanol–water partition coefficient (Wildman–Crippen LogP) is 5.90. The quantitative estimate of drug-likeness (QED) is 0.539. The number of hydrogen-bond donors (Lipinski definition) is 0. The summed E-state index contributed by atoms with van der Waals surface area (Å²) in [7, 11) is 0. The molecule has 4 aliphatic carbocycles. The molecule has 4 heteroatoms. The average Bonchev–Trinajstić information content (AvgIpc) is 2.90. The molecular weight excluding hydrogens is 378 g/mol. The van der Waals surface area contributed by atoms with Gasteiger partial charge >= 0.3 is 0 Å². The van der Waals surface area contributed by atoms with Crippen LogP contribution in [0.15, 0.2) is 44.6 Å². The van der Waals surface area contributed by atoms with Crippen molar-refractivity contribution >= 4 is 34.7 Å². The number of allylic oxidation sites excluding steroid dienone is 1. The Kier molecular flexibility index (Phi) is 3.71. The Morgan fingerprint density at radius 2 is 1.79 bits per heavy atom. The van der Waals surface area contributed by atoms with Crippen molar-refractivity contribution in [3.05, 3.63) is 34.7 Å². The van der Waals surface area contributed by atoms with Gasteiger partial charge in [0.1, 0.15) is 5.78 Å². The Morgan fingerprint density at radius 1 is 1.00 bits per heavy atom. The summed E-state index contributed by atoms with van der Waals surface area (Å²) in [4.78, 5) is 33.0. The first-order chi connectivity index (χ1) is 13.9. The van der Waals surface area contributed by atoms with Gasteiger partial charge in [-0.15, -0.1) is 0 Å². The lowest BCUT2D eigenvalue weighted by Crippen LogP contribution is -2.53. The van der Waals surface area contributed by atoms with Crippen molar-refractivity contribution < 1.29 is 9.59 Å². The molecule has 1 aromatic rings. The van der Waals surface area contributed by atoms with Crippen molar-refractivity contribution in [2.24, 2.45) is 33.6 Å². The number of benzene rings is 1. The molecule has 0 bridgehead atoms. The van der Waals surface area contributed by atoms with Gasteiger partial charge in [0.25, 0.3) is 0 Å². The molecule has 3 saturated carbocycles. The normalized spacial score (nSPS) is 40.5. The number of Topliss-reactive ketones (excluding diaryl/α,β-unsaturated/α-hetero) is 2. The molecule has 150 valence electrons. The Morgan fingerprint density at radius 3 is 2.66 bits per heavy atom. The number of ketones is 2. The van der Waals surface area contributed by atoms with Crippen LogP contribution in [-0.4, -0.2) is 17.3 Å². The second kappa shape index (κ2) is 5.94. The molecule has 0 amide bonds. The van der Waals surface area contributed by atoms with Gasteiger partial charge in [-0.3, -0.25) is 14.6 Å². The van der Waals surface area contributed by atoms with Crippen molar-refractivity contribution in [1.29, 1.82) is 0 Å². The van der Waals surface area contributed by atoms with Crippen molar-refractivity contribution in [2.75, 3.05) is 0 Å². The van der Waals surface area contributed by atoms with Crippen LogP contribution in [0.1, 0.15) is 58.8 Å². The third kappa shape index (κ3) is 2.30. The minimum Gasteiger partial charge on any atom is -0.299 e. The Labute approximate surface area is 176 Å².